The van der Waals surface area contributed by atoms with Crippen LogP contribution < -0.4 is 10.1 Å². The van der Waals surface area contributed by atoms with E-state index < -0.39 is 5.92 Å². The number of nitrogens with one attached hydrogen (secondary N) is 1. The minimum atomic E-state index is -0.625. The van der Waals surface area contributed by atoms with Crippen molar-refractivity contribution in [1.82, 2.24) is 0 Å². The number of ether oxygens (including phenoxy) is 1. The predicted octanol–water partition coefficient (Wildman–Crippen LogP) is 2.49. The van der Waals surface area contributed by atoms with Gasteiger partial charge in [0, 0.05) is 0 Å². The van der Waals surface area contributed by atoms with Crippen LogP contribution in [0, 0.1) is 24.2 Å². The Hall–Kier alpha value is -2.02. The average Bonchev–Trinajstić information content (AvgIpc) is 2.31. The third-order valence-electron chi connectivity index (χ3n) is 2.49. The predicted molar refractivity (Wildman–Crippen MR) is 65.8 cm³/mol. The van der Waals surface area contributed by atoms with Gasteiger partial charge in [0.15, 0.2) is 0 Å². The molecule has 0 aromatic heterocycles. The number of nitrogens with zero attached hydrogens (tertiary/aromatic N) is 1. The molecule has 1 atom stereocenters. The number of nitriles is 1. The molecule has 0 spiro atoms. The summed E-state index contributed by atoms with van der Waals surface area (Å²) in [5, 5.41) is 11.5. The number of hydrogen-bond acceptors (Lipinski definition) is 3. The van der Waals surface area contributed by atoms with Gasteiger partial charge in [-0.1, -0.05) is 13.0 Å². The van der Waals surface area contributed by atoms with Crippen LogP contribution in [0.1, 0.15) is 18.9 Å². The third kappa shape index (κ3) is 3.22. The fourth-order valence-corrected chi connectivity index (χ4v) is 1.47. The van der Waals surface area contributed by atoms with Gasteiger partial charge >= 0.3 is 0 Å². The molecule has 1 aromatic carbocycles. The first kappa shape index (κ1) is 13.0. The van der Waals surface area contributed by atoms with E-state index in [2.05, 4.69) is 5.32 Å². The average molecular weight is 232 g/mol. The van der Waals surface area contributed by atoms with Crippen LogP contribution >= 0.6 is 0 Å². The number of anilines is 1. The zero-order chi connectivity index (χ0) is 12.8. The summed E-state index contributed by atoms with van der Waals surface area (Å²) in [5.74, 6) is -0.323. The second kappa shape index (κ2) is 5.90. The molecule has 4 heteroatoms. The maximum absolute atomic E-state index is 11.8. The summed E-state index contributed by atoms with van der Waals surface area (Å²) in [4.78, 5) is 11.8. The second-order valence-corrected chi connectivity index (χ2v) is 3.78. The molecule has 4 nitrogen and oxygen atoms in total. The SMILES string of the molecule is CCC(C#N)C(=O)Nc1cc(C)ccc1OC. The Balaban J connectivity index is 2.91. The van der Waals surface area contributed by atoms with Gasteiger partial charge in [-0.2, -0.15) is 5.26 Å². The van der Waals surface area contributed by atoms with Crippen LogP contribution in [0.5, 0.6) is 5.75 Å². The maximum atomic E-state index is 11.8. The second-order valence-electron chi connectivity index (χ2n) is 3.78. The zero-order valence-electron chi connectivity index (χ0n) is 10.3. The van der Waals surface area contributed by atoms with E-state index in [0.717, 1.165) is 5.56 Å². The highest BCUT2D eigenvalue weighted by molar-refractivity contribution is 5.95. The summed E-state index contributed by atoms with van der Waals surface area (Å²) in [6.45, 7) is 3.73. The molecule has 0 aliphatic heterocycles. The van der Waals surface area contributed by atoms with Crippen molar-refractivity contribution in [2.24, 2.45) is 5.92 Å². The van der Waals surface area contributed by atoms with Gasteiger partial charge in [0.05, 0.1) is 18.9 Å². The van der Waals surface area contributed by atoms with Crippen LogP contribution in [0.25, 0.3) is 0 Å². The Kier molecular flexibility index (Phi) is 4.53. The monoisotopic (exact) mass is 232 g/mol. The van der Waals surface area contributed by atoms with Crippen molar-refractivity contribution in [3.05, 3.63) is 23.8 Å². The molecule has 90 valence electrons. The lowest BCUT2D eigenvalue weighted by Gasteiger charge is -2.12. The number of carbonyl (C=O) groups excluding carboxylic acids is 1. The molecule has 1 amide bonds. The summed E-state index contributed by atoms with van der Waals surface area (Å²) in [5.41, 5.74) is 1.62. The number of hydrogen-bond donors (Lipinski definition) is 1. The van der Waals surface area contributed by atoms with Gasteiger partial charge in [-0.3, -0.25) is 4.79 Å². The number of methoxy groups -OCH3 is 1. The molecule has 1 aromatic rings. The lowest BCUT2D eigenvalue weighted by Crippen LogP contribution is -2.21. The van der Waals surface area contributed by atoms with E-state index >= 15 is 0 Å². The van der Waals surface area contributed by atoms with Crippen LogP contribution in [0.3, 0.4) is 0 Å². The first-order chi connectivity index (χ1) is 8.12. The van der Waals surface area contributed by atoms with Crippen LogP contribution in [-0.2, 0) is 4.79 Å². The van der Waals surface area contributed by atoms with E-state index in [-0.39, 0.29) is 5.91 Å². The van der Waals surface area contributed by atoms with Crippen molar-refractivity contribution in [3.8, 4) is 11.8 Å². The van der Waals surface area contributed by atoms with Gasteiger partial charge in [-0.25, -0.2) is 0 Å². The Morgan fingerprint density at radius 1 is 1.59 bits per heavy atom. The van der Waals surface area contributed by atoms with Gasteiger partial charge in [0.1, 0.15) is 11.7 Å². The molecule has 0 aliphatic rings. The van der Waals surface area contributed by atoms with Gasteiger partial charge in [-0.05, 0) is 31.0 Å². The van der Waals surface area contributed by atoms with E-state index in [9.17, 15) is 4.79 Å². The van der Waals surface area contributed by atoms with E-state index in [0.29, 0.717) is 17.9 Å². The Morgan fingerprint density at radius 3 is 2.82 bits per heavy atom. The molecule has 1 rings (SSSR count). The first-order valence-electron chi connectivity index (χ1n) is 5.47. The zero-order valence-corrected chi connectivity index (χ0v) is 10.3. The molecule has 0 bridgehead atoms. The fourth-order valence-electron chi connectivity index (χ4n) is 1.47. The van der Waals surface area contributed by atoms with Crippen molar-refractivity contribution >= 4 is 11.6 Å². The van der Waals surface area contributed by atoms with Crippen molar-refractivity contribution in [2.45, 2.75) is 20.3 Å². The van der Waals surface area contributed by atoms with Gasteiger partial charge in [-0.15, -0.1) is 0 Å². The molecule has 1 unspecified atom stereocenters. The molecule has 17 heavy (non-hydrogen) atoms. The molecular formula is C13H16N2O2. The van der Waals surface area contributed by atoms with E-state index in [1.54, 1.807) is 20.1 Å². The summed E-state index contributed by atoms with van der Waals surface area (Å²) in [6, 6.07) is 7.48. The van der Waals surface area contributed by atoms with E-state index in [4.69, 9.17) is 10.00 Å². The Bertz CT molecular complexity index is 449. The van der Waals surface area contributed by atoms with Gasteiger partial charge in [0.25, 0.3) is 0 Å². The van der Waals surface area contributed by atoms with Crippen LogP contribution in [0.2, 0.25) is 0 Å². The van der Waals surface area contributed by atoms with Crippen LogP contribution in [0.4, 0.5) is 5.69 Å². The smallest absolute Gasteiger partial charge is 0.241 e. The number of carbonyl (C=O) groups is 1. The minimum Gasteiger partial charge on any atom is -0.495 e. The molecule has 0 radical (unpaired) electrons. The van der Waals surface area contributed by atoms with Crippen molar-refractivity contribution in [3.63, 3.8) is 0 Å². The van der Waals surface area contributed by atoms with Crippen molar-refractivity contribution < 1.29 is 9.53 Å². The molecular weight excluding hydrogens is 216 g/mol. The number of amides is 1. The van der Waals surface area contributed by atoms with Crippen LogP contribution in [0.15, 0.2) is 18.2 Å². The lowest BCUT2D eigenvalue weighted by molar-refractivity contribution is -0.118. The number of benzene rings is 1. The summed E-state index contributed by atoms with van der Waals surface area (Å²) >= 11 is 0. The molecule has 0 saturated carbocycles. The van der Waals surface area contributed by atoms with Crippen molar-refractivity contribution in [1.29, 1.82) is 5.26 Å². The maximum Gasteiger partial charge on any atom is 0.241 e. The van der Waals surface area contributed by atoms with Gasteiger partial charge < -0.3 is 10.1 Å². The quantitative estimate of drug-likeness (QED) is 0.867. The third-order valence-corrected chi connectivity index (χ3v) is 2.49. The summed E-state index contributed by atoms with van der Waals surface area (Å²) in [6.07, 6.45) is 0.496. The van der Waals surface area contributed by atoms with Crippen LogP contribution in [-0.4, -0.2) is 13.0 Å². The number of rotatable bonds is 4. The molecule has 1 N–H and O–H groups in total. The largest absolute Gasteiger partial charge is 0.495 e. The molecule has 0 fully saturated rings. The Labute approximate surface area is 101 Å². The topological polar surface area (TPSA) is 62.1 Å². The highest BCUT2D eigenvalue weighted by Crippen LogP contribution is 2.25. The highest BCUT2D eigenvalue weighted by Gasteiger charge is 2.17. The summed E-state index contributed by atoms with van der Waals surface area (Å²) < 4.78 is 5.15. The minimum absolute atomic E-state index is 0.293. The lowest BCUT2D eigenvalue weighted by atomic mass is 10.1. The summed E-state index contributed by atoms with van der Waals surface area (Å²) in [7, 11) is 1.54. The van der Waals surface area contributed by atoms with E-state index in [1.807, 2.05) is 25.1 Å². The normalized spacial score (nSPS) is 11.4. The molecule has 0 heterocycles. The Morgan fingerprint density at radius 2 is 2.29 bits per heavy atom. The highest BCUT2D eigenvalue weighted by atomic mass is 16.5. The molecule has 0 aliphatic carbocycles. The van der Waals surface area contributed by atoms with Gasteiger partial charge in [0.2, 0.25) is 5.91 Å². The first-order valence-corrected chi connectivity index (χ1v) is 5.47. The number of aryl methyl sites for hydroxylation is 1. The fraction of sp³-hybridized carbons (Fsp3) is 0.385. The standard InChI is InChI=1S/C13H16N2O2/c1-4-10(8-14)13(16)15-11-7-9(2)5-6-12(11)17-3/h5-7,10H,4H2,1-3H3,(H,15,16). The van der Waals surface area contributed by atoms with E-state index in [1.165, 1.54) is 0 Å². The molecule has 0 saturated heterocycles. The van der Waals surface area contributed by atoms with Crippen molar-refractivity contribution in [2.75, 3.05) is 12.4 Å².